The number of thiophene rings is 1. The highest BCUT2D eigenvalue weighted by Gasteiger charge is 2.35. The van der Waals surface area contributed by atoms with Crippen molar-refractivity contribution in [2.45, 2.75) is 18.9 Å². The Hall–Kier alpha value is -2.09. The number of ether oxygens (including phenoxy) is 1. The fourth-order valence-electron chi connectivity index (χ4n) is 2.92. The standard InChI is InChI=1S/C18H16Cl2N2O4S/c1-26-18(25)14-6-7-15(27-14)21-16(23)13-3-2-8-22(13)17(24)11-9-10(19)4-5-12(11)20/h4-7,9,13H,2-3,8H2,1H3,(H,21,23). The summed E-state index contributed by atoms with van der Waals surface area (Å²) < 4.78 is 4.66. The number of hydrogen-bond donors (Lipinski definition) is 1. The summed E-state index contributed by atoms with van der Waals surface area (Å²) in [6.07, 6.45) is 1.25. The van der Waals surface area contributed by atoms with Gasteiger partial charge in [0.15, 0.2) is 0 Å². The first-order chi connectivity index (χ1) is 12.9. The number of hydrogen-bond acceptors (Lipinski definition) is 5. The second kappa shape index (κ2) is 8.29. The fourth-order valence-corrected chi connectivity index (χ4v) is 4.12. The Balaban J connectivity index is 1.74. The van der Waals surface area contributed by atoms with E-state index in [1.54, 1.807) is 24.3 Å². The van der Waals surface area contributed by atoms with Crippen LogP contribution < -0.4 is 5.32 Å². The highest BCUT2D eigenvalue weighted by atomic mass is 35.5. The van der Waals surface area contributed by atoms with Gasteiger partial charge in [0.25, 0.3) is 5.91 Å². The van der Waals surface area contributed by atoms with Crippen LogP contribution in [0.25, 0.3) is 0 Å². The van der Waals surface area contributed by atoms with Crippen molar-refractivity contribution in [3.8, 4) is 0 Å². The number of carbonyl (C=O) groups excluding carboxylic acids is 3. The predicted octanol–water partition coefficient (Wildman–Crippen LogP) is 4.08. The van der Waals surface area contributed by atoms with Crippen LogP contribution in [-0.4, -0.2) is 42.4 Å². The van der Waals surface area contributed by atoms with E-state index in [2.05, 4.69) is 10.1 Å². The molecule has 1 atom stereocenters. The van der Waals surface area contributed by atoms with Crippen molar-refractivity contribution in [1.29, 1.82) is 0 Å². The van der Waals surface area contributed by atoms with E-state index in [9.17, 15) is 14.4 Å². The Bertz CT molecular complexity index is 899. The molecule has 2 aromatic rings. The first-order valence-electron chi connectivity index (χ1n) is 8.15. The zero-order valence-corrected chi connectivity index (χ0v) is 16.7. The maximum atomic E-state index is 12.9. The number of nitrogens with zero attached hydrogens (tertiary/aromatic N) is 1. The molecule has 27 heavy (non-hydrogen) atoms. The molecule has 1 fully saturated rings. The monoisotopic (exact) mass is 426 g/mol. The molecule has 1 unspecified atom stereocenters. The molecule has 0 saturated carbocycles. The molecule has 1 aromatic carbocycles. The molecule has 2 heterocycles. The molecule has 3 rings (SSSR count). The number of anilines is 1. The number of methoxy groups -OCH3 is 1. The Morgan fingerprint density at radius 2 is 2.00 bits per heavy atom. The molecule has 0 radical (unpaired) electrons. The fraction of sp³-hybridized carbons (Fsp3) is 0.278. The molecule has 1 aliphatic heterocycles. The smallest absolute Gasteiger partial charge is 0.348 e. The number of halogens is 2. The molecule has 1 N–H and O–H groups in total. The minimum atomic E-state index is -0.615. The minimum Gasteiger partial charge on any atom is -0.465 e. The Morgan fingerprint density at radius 1 is 1.22 bits per heavy atom. The maximum absolute atomic E-state index is 12.9. The van der Waals surface area contributed by atoms with E-state index in [1.165, 1.54) is 18.1 Å². The van der Waals surface area contributed by atoms with Crippen LogP contribution in [0.5, 0.6) is 0 Å². The number of amides is 2. The number of nitrogens with one attached hydrogen (secondary N) is 1. The van der Waals surface area contributed by atoms with Crippen molar-refractivity contribution >= 4 is 57.3 Å². The Labute approximate surface area is 170 Å². The van der Waals surface area contributed by atoms with Crippen LogP contribution in [0.15, 0.2) is 30.3 Å². The predicted molar refractivity (Wildman–Crippen MR) is 105 cm³/mol. The molecule has 1 aliphatic rings. The van der Waals surface area contributed by atoms with Crippen LogP contribution in [0, 0.1) is 0 Å². The maximum Gasteiger partial charge on any atom is 0.348 e. The summed E-state index contributed by atoms with van der Waals surface area (Å²) in [7, 11) is 1.29. The van der Waals surface area contributed by atoms with Crippen molar-refractivity contribution < 1.29 is 19.1 Å². The first-order valence-corrected chi connectivity index (χ1v) is 9.73. The van der Waals surface area contributed by atoms with Crippen LogP contribution in [0.1, 0.15) is 32.9 Å². The van der Waals surface area contributed by atoms with Gasteiger partial charge in [0.1, 0.15) is 10.9 Å². The average molecular weight is 427 g/mol. The molecule has 0 bridgehead atoms. The third kappa shape index (κ3) is 4.26. The van der Waals surface area contributed by atoms with Crippen LogP contribution in [0.2, 0.25) is 10.0 Å². The van der Waals surface area contributed by atoms with Gasteiger partial charge in [-0.1, -0.05) is 23.2 Å². The Kier molecular flexibility index (Phi) is 6.04. The lowest BCUT2D eigenvalue weighted by atomic mass is 10.1. The number of likely N-dealkylation sites (tertiary alicyclic amines) is 1. The molecule has 0 spiro atoms. The number of benzene rings is 1. The van der Waals surface area contributed by atoms with Gasteiger partial charge in [0.2, 0.25) is 5.91 Å². The van der Waals surface area contributed by atoms with Crippen molar-refractivity contribution in [2.75, 3.05) is 19.0 Å². The van der Waals surface area contributed by atoms with Crippen molar-refractivity contribution in [3.05, 3.63) is 50.8 Å². The van der Waals surface area contributed by atoms with Gasteiger partial charge < -0.3 is 15.0 Å². The summed E-state index contributed by atoms with van der Waals surface area (Å²) in [5.74, 6) is -1.10. The minimum absolute atomic E-state index is 0.271. The number of esters is 1. The lowest BCUT2D eigenvalue weighted by molar-refractivity contribution is -0.119. The van der Waals surface area contributed by atoms with Gasteiger partial charge in [0, 0.05) is 11.6 Å². The third-order valence-electron chi connectivity index (χ3n) is 4.21. The van der Waals surface area contributed by atoms with E-state index in [0.29, 0.717) is 34.3 Å². The Morgan fingerprint density at radius 3 is 2.74 bits per heavy atom. The lowest BCUT2D eigenvalue weighted by Gasteiger charge is -2.24. The number of carbonyl (C=O) groups is 3. The summed E-state index contributed by atoms with van der Waals surface area (Å²) in [4.78, 5) is 39.0. The zero-order valence-electron chi connectivity index (χ0n) is 14.3. The summed E-state index contributed by atoms with van der Waals surface area (Å²) in [6.45, 7) is 0.456. The molecular formula is C18H16Cl2N2O4S. The van der Waals surface area contributed by atoms with Gasteiger partial charge in [0.05, 0.1) is 22.7 Å². The van der Waals surface area contributed by atoms with Gasteiger partial charge in [-0.2, -0.15) is 0 Å². The molecule has 2 amide bonds. The van der Waals surface area contributed by atoms with Crippen LogP contribution in [0.3, 0.4) is 0 Å². The van der Waals surface area contributed by atoms with E-state index in [0.717, 1.165) is 11.3 Å². The van der Waals surface area contributed by atoms with Gasteiger partial charge in [-0.05, 0) is 43.2 Å². The van der Waals surface area contributed by atoms with Crippen molar-refractivity contribution in [2.24, 2.45) is 0 Å². The third-order valence-corrected chi connectivity index (χ3v) is 5.76. The summed E-state index contributed by atoms with van der Waals surface area (Å²) >= 11 is 13.2. The summed E-state index contributed by atoms with van der Waals surface area (Å²) in [5, 5.41) is 3.97. The highest BCUT2D eigenvalue weighted by molar-refractivity contribution is 7.18. The SMILES string of the molecule is COC(=O)c1ccc(NC(=O)C2CCCN2C(=O)c2cc(Cl)ccc2Cl)s1. The molecule has 6 nitrogen and oxygen atoms in total. The van der Waals surface area contributed by atoms with E-state index in [-0.39, 0.29) is 22.4 Å². The van der Waals surface area contributed by atoms with Gasteiger partial charge in [-0.3, -0.25) is 9.59 Å². The molecule has 1 aromatic heterocycles. The van der Waals surface area contributed by atoms with Crippen LogP contribution in [-0.2, 0) is 9.53 Å². The molecule has 0 aliphatic carbocycles. The summed E-state index contributed by atoms with van der Waals surface area (Å²) in [5.41, 5.74) is 0.271. The van der Waals surface area contributed by atoms with Crippen LogP contribution >= 0.6 is 34.5 Å². The van der Waals surface area contributed by atoms with E-state index in [1.807, 2.05) is 0 Å². The second-order valence-corrected chi connectivity index (χ2v) is 7.85. The largest absolute Gasteiger partial charge is 0.465 e. The average Bonchev–Trinajstić information content (AvgIpc) is 3.32. The first kappa shape index (κ1) is 19.7. The van der Waals surface area contributed by atoms with Gasteiger partial charge in [-0.15, -0.1) is 11.3 Å². The van der Waals surface area contributed by atoms with E-state index >= 15 is 0 Å². The topological polar surface area (TPSA) is 75.7 Å². The molecule has 142 valence electrons. The van der Waals surface area contributed by atoms with Gasteiger partial charge in [-0.25, -0.2) is 4.79 Å². The van der Waals surface area contributed by atoms with Crippen molar-refractivity contribution in [3.63, 3.8) is 0 Å². The molecule has 9 heteroatoms. The normalized spacial score (nSPS) is 16.3. The lowest BCUT2D eigenvalue weighted by Crippen LogP contribution is -2.43. The van der Waals surface area contributed by atoms with Crippen LogP contribution in [0.4, 0.5) is 5.00 Å². The highest BCUT2D eigenvalue weighted by Crippen LogP contribution is 2.28. The van der Waals surface area contributed by atoms with Crippen molar-refractivity contribution in [1.82, 2.24) is 4.90 Å². The molecular weight excluding hydrogens is 411 g/mol. The quantitative estimate of drug-likeness (QED) is 0.746. The second-order valence-electron chi connectivity index (χ2n) is 5.93. The van der Waals surface area contributed by atoms with E-state index in [4.69, 9.17) is 23.2 Å². The van der Waals surface area contributed by atoms with E-state index < -0.39 is 12.0 Å². The summed E-state index contributed by atoms with van der Waals surface area (Å²) in [6, 6.07) is 7.25. The molecule has 1 saturated heterocycles. The van der Waals surface area contributed by atoms with Gasteiger partial charge >= 0.3 is 5.97 Å². The zero-order chi connectivity index (χ0) is 19.6. The number of rotatable bonds is 4.